The van der Waals surface area contributed by atoms with Crippen LogP contribution in [0.25, 0.3) is 0 Å². The van der Waals surface area contributed by atoms with Crippen molar-refractivity contribution in [3.8, 4) is 0 Å². The molecule has 1 fully saturated rings. The minimum absolute atomic E-state index is 0.176. The van der Waals surface area contributed by atoms with Gasteiger partial charge in [-0.1, -0.05) is 26.8 Å². The summed E-state index contributed by atoms with van der Waals surface area (Å²) in [5.41, 5.74) is 0.898. The van der Waals surface area contributed by atoms with Crippen LogP contribution in [0.3, 0.4) is 0 Å². The number of benzene rings is 1. The number of hydrogen-bond acceptors (Lipinski definition) is 1. The van der Waals surface area contributed by atoms with Crippen molar-refractivity contribution < 1.29 is 8.78 Å². The quantitative estimate of drug-likeness (QED) is 0.856. The van der Waals surface area contributed by atoms with Gasteiger partial charge in [0, 0.05) is 11.6 Å². The molecule has 1 aliphatic carbocycles. The van der Waals surface area contributed by atoms with Crippen LogP contribution in [0.15, 0.2) is 12.1 Å². The van der Waals surface area contributed by atoms with Crippen LogP contribution < -0.4 is 5.32 Å². The van der Waals surface area contributed by atoms with E-state index in [-0.39, 0.29) is 17.0 Å². The fourth-order valence-corrected chi connectivity index (χ4v) is 2.71. The Bertz CT molecular complexity index is 454. The van der Waals surface area contributed by atoms with Gasteiger partial charge in [-0.2, -0.15) is 0 Å². The summed E-state index contributed by atoms with van der Waals surface area (Å²) in [6.45, 7) is 8.65. The largest absolute Gasteiger partial charge is 0.310 e. The Morgan fingerprint density at radius 1 is 1.39 bits per heavy atom. The molecule has 3 heteroatoms. The SMILES string of the molecule is CCNC(c1c(F)ccc(C)c1F)C1CC1(C)C. The summed E-state index contributed by atoms with van der Waals surface area (Å²) in [5, 5.41) is 3.25. The smallest absolute Gasteiger partial charge is 0.133 e. The molecule has 18 heavy (non-hydrogen) atoms. The van der Waals surface area contributed by atoms with E-state index in [0.29, 0.717) is 18.0 Å². The Morgan fingerprint density at radius 2 is 2.00 bits per heavy atom. The van der Waals surface area contributed by atoms with Gasteiger partial charge in [-0.15, -0.1) is 0 Å². The van der Waals surface area contributed by atoms with E-state index in [0.717, 1.165) is 6.42 Å². The van der Waals surface area contributed by atoms with Gasteiger partial charge in [-0.05, 0) is 42.9 Å². The minimum atomic E-state index is -0.438. The molecule has 1 aliphatic rings. The summed E-state index contributed by atoms with van der Waals surface area (Å²) >= 11 is 0. The third-order valence-corrected chi connectivity index (χ3v) is 4.05. The van der Waals surface area contributed by atoms with Crippen molar-refractivity contribution in [1.29, 1.82) is 0 Å². The van der Waals surface area contributed by atoms with Gasteiger partial charge < -0.3 is 5.32 Å². The molecule has 2 atom stereocenters. The lowest BCUT2D eigenvalue weighted by Gasteiger charge is -2.22. The van der Waals surface area contributed by atoms with Crippen molar-refractivity contribution in [3.63, 3.8) is 0 Å². The van der Waals surface area contributed by atoms with E-state index in [1.165, 1.54) is 12.1 Å². The van der Waals surface area contributed by atoms with Crippen LogP contribution in [-0.2, 0) is 0 Å². The molecular weight excluding hydrogens is 232 g/mol. The van der Waals surface area contributed by atoms with Crippen LogP contribution >= 0.6 is 0 Å². The highest BCUT2D eigenvalue weighted by Crippen LogP contribution is 2.58. The topological polar surface area (TPSA) is 12.0 Å². The first-order chi connectivity index (χ1) is 8.38. The second-order valence-electron chi connectivity index (χ2n) is 5.93. The van der Waals surface area contributed by atoms with Gasteiger partial charge in [0.05, 0.1) is 0 Å². The second kappa shape index (κ2) is 4.61. The molecule has 0 radical (unpaired) electrons. The average Bonchev–Trinajstić information content (AvgIpc) is 2.92. The summed E-state index contributed by atoms with van der Waals surface area (Å²) in [4.78, 5) is 0. The van der Waals surface area contributed by atoms with E-state index in [2.05, 4.69) is 19.2 Å². The maximum Gasteiger partial charge on any atom is 0.133 e. The molecule has 0 heterocycles. The van der Waals surface area contributed by atoms with Gasteiger partial charge >= 0.3 is 0 Å². The fourth-order valence-electron chi connectivity index (χ4n) is 2.71. The number of nitrogens with one attached hydrogen (secondary N) is 1. The van der Waals surface area contributed by atoms with Crippen LogP contribution in [0.5, 0.6) is 0 Å². The van der Waals surface area contributed by atoms with E-state index in [1.807, 2.05) is 6.92 Å². The summed E-state index contributed by atoms with van der Waals surface area (Å²) in [7, 11) is 0. The number of hydrogen-bond donors (Lipinski definition) is 1. The van der Waals surface area contributed by atoms with Gasteiger partial charge in [-0.25, -0.2) is 8.78 Å². The van der Waals surface area contributed by atoms with Gasteiger partial charge in [0.2, 0.25) is 0 Å². The molecule has 0 amide bonds. The van der Waals surface area contributed by atoms with Crippen LogP contribution in [0.1, 0.15) is 44.4 Å². The lowest BCUT2D eigenvalue weighted by molar-refractivity contribution is 0.392. The monoisotopic (exact) mass is 253 g/mol. The van der Waals surface area contributed by atoms with Crippen molar-refractivity contribution >= 4 is 0 Å². The summed E-state index contributed by atoms with van der Waals surface area (Å²) in [6, 6.07) is 2.65. The van der Waals surface area contributed by atoms with Crippen LogP contribution in [0.4, 0.5) is 8.78 Å². The Labute approximate surface area is 108 Å². The molecule has 0 bridgehead atoms. The normalized spacial score (nSPS) is 22.9. The molecule has 100 valence electrons. The highest BCUT2D eigenvalue weighted by Gasteiger charge is 2.51. The number of rotatable bonds is 4. The van der Waals surface area contributed by atoms with Gasteiger partial charge in [0.1, 0.15) is 11.6 Å². The third-order valence-electron chi connectivity index (χ3n) is 4.05. The Kier molecular flexibility index (Phi) is 3.45. The highest BCUT2D eigenvalue weighted by molar-refractivity contribution is 5.31. The molecule has 0 aromatic heterocycles. The van der Waals surface area contributed by atoms with E-state index >= 15 is 0 Å². The molecule has 1 N–H and O–H groups in total. The summed E-state index contributed by atoms with van der Waals surface area (Å²) in [5.74, 6) is -0.529. The van der Waals surface area contributed by atoms with Gasteiger partial charge in [-0.3, -0.25) is 0 Å². The average molecular weight is 253 g/mol. The lowest BCUT2D eigenvalue weighted by Crippen LogP contribution is -2.26. The first kappa shape index (κ1) is 13.5. The third kappa shape index (κ3) is 2.28. The van der Waals surface area contributed by atoms with Crippen molar-refractivity contribution in [2.24, 2.45) is 11.3 Å². The van der Waals surface area contributed by atoms with Crippen molar-refractivity contribution in [2.75, 3.05) is 6.54 Å². The van der Waals surface area contributed by atoms with E-state index in [1.54, 1.807) is 6.92 Å². The molecule has 0 spiro atoms. The maximum atomic E-state index is 14.2. The predicted molar refractivity (Wildman–Crippen MR) is 69.4 cm³/mol. The molecule has 1 aromatic carbocycles. The van der Waals surface area contributed by atoms with Crippen LogP contribution in [-0.4, -0.2) is 6.54 Å². The molecule has 0 aliphatic heterocycles. The molecule has 1 saturated carbocycles. The Morgan fingerprint density at radius 3 is 2.50 bits per heavy atom. The van der Waals surface area contributed by atoms with Crippen LogP contribution in [0.2, 0.25) is 0 Å². The second-order valence-corrected chi connectivity index (χ2v) is 5.93. The molecule has 2 rings (SSSR count). The molecule has 2 unspecified atom stereocenters. The molecule has 1 aromatic rings. The van der Waals surface area contributed by atoms with E-state index in [9.17, 15) is 8.78 Å². The number of halogens is 2. The van der Waals surface area contributed by atoms with Crippen molar-refractivity contribution in [2.45, 2.75) is 40.2 Å². The van der Waals surface area contributed by atoms with E-state index < -0.39 is 11.6 Å². The lowest BCUT2D eigenvalue weighted by atomic mass is 9.94. The van der Waals surface area contributed by atoms with Gasteiger partial charge in [0.15, 0.2) is 0 Å². The first-order valence-corrected chi connectivity index (χ1v) is 6.56. The summed E-state index contributed by atoms with van der Waals surface area (Å²) < 4.78 is 28.2. The zero-order valence-electron chi connectivity index (χ0n) is 11.5. The highest BCUT2D eigenvalue weighted by atomic mass is 19.1. The Balaban J connectivity index is 2.40. The summed E-state index contributed by atoms with van der Waals surface area (Å²) in [6.07, 6.45) is 1.01. The van der Waals surface area contributed by atoms with Crippen LogP contribution in [0, 0.1) is 29.9 Å². The standard InChI is InChI=1S/C15H21F2N/c1-5-18-14(10-8-15(10,3)4)12-11(16)7-6-9(2)13(12)17/h6-7,10,14,18H,5,8H2,1-4H3. The molecule has 0 saturated heterocycles. The number of aryl methyl sites for hydroxylation is 1. The van der Waals surface area contributed by atoms with Gasteiger partial charge in [0.25, 0.3) is 0 Å². The predicted octanol–water partition coefficient (Wildman–Crippen LogP) is 3.97. The minimum Gasteiger partial charge on any atom is -0.310 e. The van der Waals surface area contributed by atoms with Crippen molar-refractivity contribution in [1.82, 2.24) is 5.32 Å². The first-order valence-electron chi connectivity index (χ1n) is 6.56. The maximum absolute atomic E-state index is 14.2. The fraction of sp³-hybridized carbons (Fsp3) is 0.600. The Hall–Kier alpha value is -0.960. The molecular formula is C15H21F2N. The molecule has 1 nitrogen and oxygen atoms in total. The van der Waals surface area contributed by atoms with E-state index in [4.69, 9.17) is 0 Å². The zero-order valence-corrected chi connectivity index (χ0v) is 11.5. The zero-order chi connectivity index (χ0) is 13.5. The van der Waals surface area contributed by atoms with Crippen molar-refractivity contribution in [3.05, 3.63) is 34.9 Å².